The van der Waals surface area contributed by atoms with Gasteiger partial charge in [-0.3, -0.25) is 9.36 Å². The van der Waals surface area contributed by atoms with Crippen LogP contribution in [0.15, 0.2) is 94.9 Å². The summed E-state index contributed by atoms with van der Waals surface area (Å²) >= 11 is 3.19. The summed E-state index contributed by atoms with van der Waals surface area (Å²) in [7, 11) is 0. The molecule has 0 unspecified atom stereocenters. The van der Waals surface area contributed by atoms with Crippen LogP contribution in [0.4, 0.5) is 0 Å². The van der Waals surface area contributed by atoms with Crippen molar-refractivity contribution in [1.29, 1.82) is 0 Å². The Hall–Kier alpha value is -3.15. The number of nitrogens with zero attached hydrogens (tertiary/aromatic N) is 2. The second-order valence-corrected chi connectivity index (χ2v) is 9.87. The number of thiophene rings is 1. The highest BCUT2D eigenvalue weighted by Crippen LogP contribution is 2.37. The molecule has 0 atom stereocenters. The van der Waals surface area contributed by atoms with Gasteiger partial charge in [0.05, 0.1) is 11.1 Å². The van der Waals surface area contributed by atoms with Crippen LogP contribution in [-0.2, 0) is 5.75 Å². The summed E-state index contributed by atoms with van der Waals surface area (Å²) in [6, 6.07) is 28.4. The van der Waals surface area contributed by atoms with Crippen molar-refractivity contribution < 1.29 is 0 Å². The zero-order valence-corrected chi connectivity index (χ0v) is 19.5. The predicted octanol–water partition coefficient (Wildman–Crippen LogP) is 7.02. The van der Waals surface area contributed by atoms with Crippen LogP contribution in [0.1, 0.15) is 16.0 Å². The monoisotopic (exact) mass is 454 g/mol. The molecule has 5 rings (SSSR count). The Balaban J connectivity index is 1.70. The third-order valence-corrected chi connectivity index (χ3v) is 7.45. The summed E-state index contributed by atoms with van der Waals surface area (Å²) in [4.78, 5) is 20.8. The lowest BCUT2D eigenvalue weighted by Gasteiger charge is -2.13. The molecule has 0 spiro atoms. The van der Waals surface area contributed by atoms with Crippen molar-refractivity contribution in [3.8, 4) is 16.8 Å². The Labute approximate surface area is 195 Å². The van der Waals surface area contributed by atoms with E-state index in [0.29, 0.717) is 5.39 Å². The SMILES string of the molecule is Cc1ccc(CSc2nc3sc(C)c(-c4ccccc4)c3c(=O)n2-c2ccccc2)cc1. The fourth-order valence-corrected chi connectivity index (χ4v) is 5.88. The van der Waals surface area contributed by atoms with Gasteiger partial charge in [0.1, 0.15) is 4.83 Å². The lowest BCUT2D eigenvalue weighted by molar-refractivity contribution is 0.822. The third-order valence-electron chi connectivity index (χ3n) is 5.44. The summed E-state index contributed by atoms with van der Waals surface area (Å²) in [6.45, 7) is 4.16. The number of hydrogen-bond donors (Lipinski definition) is 0. The van der Waals surface area contributed by atoms with Crippen molar-refractivity contribution in [2.24, 2.45) is 0 Å². The smallest absolute Gasteiger partial charge is 0.268 e. The minimum absolute atomic E-state index is 0.0178. The van der Waals surface area contributed by atoms with Crippen molar-refractivity contribution in [2.45, 2.75) is 24.8 Å². The van der Waals surface area contributed by atoms with Crippen LogP contribution in [0.3, 0.4) is 0 Å². The lowest BCUT2D eigenvalue weighted by Crippen LogP contribution is -2.21. The van der Waals surface area contributed by atoms with E-state index in [1.54, 1.807) is 27.7 Å². The van der Waals surface area contributed by atoms with E-state index in [9.17, 15) is 4.79 Å². The van der Waals surface area contributed by atoms with Gasteiger partial charge in [-0.15, -0.1) is 11.3 Å². The maximum absolute atomic E-state index is 13.9. The highest BCUT2D eigenvalue weighted by molar-refractivity contribution is 7.98. The molecule has 0 radical (unpaired) electrons. The molecule has 5 aromatic rings. The summed E-state index contributed by atoms with van der Waals surface area (Å²) in [5.74, 6) is 0.751. The average Bonchev–Trinajstić information content (AvgIpc) is 3.16. The Morgan fingerprint density at radius 3 is 2.22 bits per heavy atom. The quantitative estimate of drug-likeness (QED) is 0.211. The summed E-state index contributed by atoms with van der Waals surface area (Å²) < 4.78 is 1.76. The van der Waals surface area contributed by atoms with Crippen LogP contribution in [0.5, 0.6) is 0 Å². The number of hydrogen-bond acceptors (Lipinski definition) is 4. The van der Waals surface area contributed by atoms with Crippen LogP contribution < -0.4 is 5.56 Å². The van der Waals surface area contributed by atoms with E-state index in [1.165, 1.54) is 11.1 Å². The highest BCUT2D eigenvalue weighted by atomic mass is 32.2. The molecule has 32 heavy (non-hydrogen) atoms. The lowest BCUT2D eigenvalue weighted by atomic mass is 10.0. The summed E-state index contributed by atoms with van der Waals surface area (Å²) in [5.41, 5.74) is 5.30. The molecule has 2 aromatic heterocycles. The maximum Gasteiger partial charge on any atom is 0.268 e. The molecule has 2 heterocycles. The first-order valence-electron chi connectivity index (χ1n) is 10.5. The van der Waals surface area contributed by atoms with E-state index in [-0.39, 0.29) is 5.56 Å². The Morgan fingerprint density at radius 1 is 0.875 bits per heavy atom. The molecule has 0 saturated carbocycles. The second-order valence-electron chi connectivity index (χ2n) is 7.72. The first-order valence-corrected chi connectivity index (χ1v) is 12.3. The van der Waals surface area contributed by atoms with E-state index in [4.69, 9.17) is 4.98 Å². The average molecular weight is 455 g/mol. The molecule has 0 aliphatic rings. The zero-order valence-electron chi connectivity index (χ0n) is 17.9. The molecule has 0 aliphatic heterocycles. The van der Waals surface area contributed by atoms with Crippen molar-refractivity contribution in [2.75, 3.05) is 0 Å². The van der Waals surface area contributed by atoms with E-state index in [1.807, 2.05) is 48.5 Å². The van der Waals surface area contributed by atoms with Gasteiger partial charge in [0.15, 0.2) is 5.16 Å². The van der Waals surface area contributed by atoms with Gasteiger partial charge < -0.3 is 0 Å². The van der Waals surface area contributed by atoms with E-state index < -0.39 is 0 Å². The van der Waals surface area contributed by atoms with Crippen LogP contribution in [-0.4, -0.2) is 9.55 Å². The van der Waals surface area contributed by atoms with Gasteiger partial charge in [-0.05, 0) is 37.1 Å². The molecule has 3 aromatic carbocycles. The molecule has 0 aliphatic carbocycles. The molecule has 5 heteroatoms. The minimum Gasteiger partial charge on any atom is -0.268 e. The molecule has 0 bridgehead atoms. The van der Waals surface area contributed by atoms with Crippen LogP contribution in [0, 0.1) is 13.8 Å². The van der Waals surface area contributed by atoms with Gasteiger partial charge in [0.25, 0.3) is 5.56 Å². The topological polar surface area (TPSA) is 34.9 Å². The molecule has 3 nitrogen and oxygen atoms in total. The fourth-order valence-electron chi connectivity index (χ4n) is 3.83. The highest BCUT2D eigenvalue weighted by Gasteiger charge is 2.20. The number of rotatable bonds is 5. The van der Waals surface area contributed by atoms with Crippen LogP contribution >= 0.6 is 23.1 Å². The number of benzene rings is 3. The normalized spacial score (nSPS) is 11.2. The number of fused-ring (bicyclic) bond motifs is 1. The molecule has 0 fully saturated rings. The van der Waals surface area contributed by atoms with Gasteiger partial charge >= 0.3 is 0 Å². The van der Waals surface area contributed by atoms with Crippen molar-refractivity contribution >= 4 is 33.3 Å². The van der Waals surface area contributed by atoms with Crippen LogP contribution in [0.2, 0.25) is 0 Å². The van der Waals surface area contributed by atoms with Gasteiger partial charge in [0, 0.05) is 16.2 Å². The van der Waals surface area contributed by atoms with Crippen molar-refractivity contribution in [3.05, 3.63) is 111 Å². The first kappa shape index (κ1) is 20.7. The largest absolute Gasteiger partial charge is 0.268 e. The maximum atomic E-state index is 13.9. The molecule has 0 N–H and O–H groups in total. The number of aryl methyl sites for hydroxylation is 2. The number of para-hydroxylation sites is 1. The number of aromatic nitrogens is 2. The predicted molar refractivity (Wildman–Crippen MR) is 136 cm³/mol. The van der Waals surface area contributed by atoms with E-state index in [2.05, 4.69) is 50.2 Å². The second kappa shape index (κ2) is 8.77. The first-order chi connectivity index (χ1) is 15.6. The van der Waals surface area contributed by atoms with Crippen molar-refractivity contribution in [1.82, 2.24) is 9.55 Å². The third kappa shape index (κ3) is 3.90. The molecule has 0 saturated heterocycles. The van der Waals surface area contributed by atoms with Gasteiger partial charge in [-0.25, -0.2) is 4.98 Å². The molecule has 0 amide bonds. The summed E-state index contributed by atoms with van der Waals surface area (Å²) in [5, 5.41) is 1.41. The van der Waals surface area contributed by atoms with Crippen LogP contribution in [0.25, 0.3) is 27.0 Å². The molecular formula is C27H22N2OS2. The van der Waals surface area contributed by atoms with Gasteiger partial charge in [-0.2, -0.15) is 0 Å². The standard InChI is InChI=1S/C27H22N2OS2/c1-18-13-15-20(16-14-18)17-31-27-28-25-24(26(30)29(27)22-11-7-4-8-12-22)23(19(2)32-25)21-9-5-3-6-10-21/h3-16H,17H2,1-2H3. The van der Waals surface area contributed by atoms with E-state index in [0.717, 1.165) is 37.4 Å². The molecule has 158 valence electrons. The Kier molecular flexibility index (Phi) is 5.68. The number of thioether (sulfide) groups is 1. The Bertz CT molecular complexity index is 1440. The van der Waals surface area contributed by atoms with Gasteiger partial charge in [0.2, 0.25) is 0 Å². The minimum atomic E-state index is -0.0178. The fraction of sp³-hybridized carbons (Fsp3) is 0.111. The van der Waals surface area contributed by atoms with Crippen molar-refractivity contribution in [3.63, 3.8) is 0 Å². The van der Waals surface area contributed by atoms with E-state index >= 15 is 0 Å². The van der Waals surface area contributed by atoms with Gasteiger partial charge in [-0.1, -0.05) is 90.1 Å². The summed E-state index contributed by atoms with van der Waals surface area (Å²) in [6.07, 6.45) is 0. The molecular weight excluding hydrogens is 432 g/mol. The Morgan fingerprint density at radius 2 is 1.53 bits per heavy atom. The zero-order chi connectivity index (χ0) is 22.1.